The fourth-order valence-corrected chi connectivity index (χ4v) is 3.61. The predicted octanol–water partition coefficient (Wildman–Crippen LogP) is 2.73. The lowest BCUT2D eigenvalue weighted by atomic mass is 9.96. The highest BCUT2D eigenvalue weighted by Crippen LogP contribution is 2.35. The van der Waals surface area contributed by atoms with Crippen molar-refractivity contribution in [3.05, 3.63) is 0 Å². The highest BCUT2D eigenvalue weighted by Gasteiger charge is 2.46. The quantitative estimate of drug-likeness (QED) is 0.719. The zero-order valence-corrected chi connectivity index (χ0v) is 13.8. The Balaban J connectivity index is 2.85. The Labute approximate surface area is 123 Å². The number of carboxylic acids is 1. The molecule has 0 bridgehead atoms. The van der Waals surface area contributed by atoms with Crippen LogP contribution < -0.4 is 5.32 Å². The van der Waals surface area contributed by atoms with Gasteiger partial charge in [0.1, 0.15) is 5.54 Å². The maximum atomic E-state index is 11.6. The van der Waals surface area contributed by atoms with Crippen molar-refractivity contribution in [1.82, 2.24) is 10.2 Å². The van der Waals surface area contributed by atoms with Crippen LogP contribution in [0, 0.1) is 5.92 Å². The van der Waals surface area contributed by atoms with Crippen molar-refractivity contribution in [2.75, 3.05) is 13.6 Å². The molecule has 1 aliphatic rings. The van der Waals surface area contributed by atoms with Crippen LogP contribution in [0.3, 0.4) is 0 Å². The number of rotatable bonds is 8. The Kier molecular flexibility index (Phi) is 6.46. The first-order valence-corrected chi connectivity index (χ1v) is 8.08. The molecule has 1 aliphatic carbocycles. The normalized spacial score (nSPS) is 26.9. The lowest BCUT2D eigenvalue weighted by molar-refractivity contribution is -0.144. The highest BCUT2D eigenvalue weighted by molar-refractivity contribution is 5.79. The minimum atomic E-state index is -0.716. The first-order chi connectivity index (χ1) is 9.40. The van der Waals surface area contributed by atoms with E-state index in [9.17, 15) is 9.90 Å². The number of carbonyl (C=O) groups is 1. The first-order valence-electron chi connectivity index (χ1n) is 8.08. The summed E-state index contributed by atoms with van der Waals surface area (Å²) in [7, 11) is 1.78. The third kappa shape index (κ3) is 3.73. The van der Waals surface area contributed by atoms with E-state index in [-0.39, 0.29) is 0 Å². The molecule has 0 saturated heterocycles. The fourth-order valence-electron chi connectivity index (χ4n) is 3.61. The second-order valence-corrected chi connectivity index (χ2v) is 6.59. The summed E-state index contributed by atoms with van der Waals surface area (Å²) in [6.45, 7) is 10.0. The second kappa shape index (κ2) is 7.41. The van der Waals surface area contributed by atoms with Gasteiger partial charge < -0.3 is 10.4 Å². The summed E-state index contributed by atoms with van der Waals surface area (Å²) in [4.78, 5) is 14.1. The van der Waals surface area contributed by atoms with Gasteiger partial charge in [0, 0.05) is 18.6 Å². The number of nitrogens with one attached hydrogen (secondary N) is 1. The molecule has 0 aromatic heterocycles. The molecule has 1 saturated carbocycles. The lowest BCUT2D eigenvalue weighted by Crippen LogP contribution is -2.51. The van der Waals surface area contributed by atoms with Gasteiger partial charge in [0.2, 0.25) is 0 Å². The van der Waals surface area contributed by atoms with Gasteiger partial charge in [-0.1, -0.05) is 27.7 Å². The Morgan fingerprint density at radius 3 is 2.35 bits per heavy atom. The molecule has 2 atom stereocenters. The Morgan fingerprint density at radius 1 is 1.40 bits per heavy atom. The Hall–Kier alpha value is -0.610. The zero-order chi connectivity index (χ0) is 15.3. The first kappa shape index (κ1) is 17.4. The van der Waals surface area contributed by atoms with Crippen molar-refractivity contribution >= 4 is 5.97 Å². The maximum Gasteiger partial charge on any atom is 0.323 e. The molecule has 2 unspecified atom stereocenters. The maximum absolute atomic E-state index is 11.6. The number of carboxylic acid groups (broad SMARTS) is 1. The highest BCUT2D eigenvalue weighted by atomic mass is 16.4. The number of nitrogens with zero attached hydrogens (tertiary/aromatic N) is 1. The third-order valence-electron chi connectivity index (χ3n) is 4.83. The van der Waals surface area contributed by atoms with Crippen LogP contribution in [0.15, 0.2) is 0 Å². The minimum Gasteiger partial charge on any atom is -0.480 e. The van der Waals surface area contributed by atoms with E-state index < -0.39 is 11.5 Å². The average molecular weight is 284 g/mol. The standard InChI is InChI=1S/C16H32N2O2/c1-6-13(7-2)18(11-12(3)4)14-8-9-16(10-14,17-5)15(19)20/h12-14,17H,6-11H2,1-5H3,(H,19,20). The molecule has 1 rings (SSSR count). The smallest absolute Gasteiger partial charge is 0.323 e. The predicted molar refractivity (Wildman–Crippen MR) is 83.0 cm³/mol. The van der Waals surface area contributed by atoms with E-state index in [0.717, 1.165) is 38.6 Å². The van der Waals surface area contributed by atoms with Crippen molar-refractivity contribution < 1.29 is 9.90 Å². The van der Waals surface area contributed by atoms with Gasteiger partial charge in [0.25, 0.3) is 0 Å². The summed E-state index contributed by atoms with van der Waals surface area (Å²) < 4.78 is 0. The molecule has 2 N–H and O–H groups in total. The van der Waals surface area contributed by atoms with E-state index >= 15 is 0 Å². The van der Waals surface area contributed by atoms with Gasteiger partial charge in [-0.15, -0.1) is 0 Å². The molecule has 0 aromatic rings. The minimum absolute atomic E-state index is 0.394. The van der Waals surface area contributed by atoms with Crippen molar-refractivity contribution in [2.45, 2.75) is 77.4 Å². The van der Waals surface area contributed by atoms with E-state index in [1.165, 1.54) is 0 Å². The summed E-state index contributed by atoms with van der Waals surface area (Å²) >= 11 is 0. The molecule has 0 radical (unpaired) electrons. The summed E-state index contributed by atoms with van der Waals surface area (Å²) in [5.41, 5.74) is -0.716. The van der Waals surface area contributed by atoms with E-state index in [0.29, 0.717) is 18.0 Å². The second-order valence-electron chi connectivity index (χ2n) is 6.59. The monoisotopic (exact) mass is 284 g/mol. The van der Waals surface area contributed by atoms with Gasteiger partial charge >= 0.3 is 5.97 Å². The largest absolute Gasteiger partial charge is 0.480 e. The summed E-state index contributed by atoms with van der Waals surface area (Å²) in [6.07, 6.45) is 4.72. The van der Waals surface area contributed by atoms with Crippen molar-refractivity contribution in [2.24, 2.45) is 5.92 Å². The Bertz CT molecular complexity index is 316. The molecule has 0 aromatic carbocycles. The van der Waals surface area contributed by atoms with Crippen LogP contribution in [-0.4, -0.2) is 47.2 Å². The van der Waals surface area contributed by atoms with Crippen LogP contribution in [0.1, 0.15) is 59.8 Å². The Morgan fingerprint density at radius 2 is 2.00 bits per heavy atom. The third-order valence-corrected chi connectivity index (χ3v) is 4.83. The molecular formula is C16H32N2O2. The molecule has 118 valence electrons. The molecule has 20 heavy (non-hydrogen) atoms. The summed E-state index contributed by atoms with van der Waals surface area (Å²) in [5, 5.41) is 12.6. The molecule has 0 amide bonds. The lowest BCUT2D eigenvalue weighted by Gasteiger charge is -2.37. The number of hydrogen-bond acceptors (Lipinski definition) is 3. The van der Waals surface area contributed by atoms with E-state index in [2.05, 4.69) is 37.9 Å². The molecule has 1 fully saturated rings. The molecule has 0 heterocycles. The molecule has 4 nitrogen and oxygen atoms in total. The van der Waals surface area contributed by atoms with Crippen molar-refractivity contribution in [1.29, 1.82) is 0 Å². The summed E-state index contributed by atoms with van der Waals surface area (Å²) in [5.74, 6) is -0.0819. The zero-order valence-electron chi connectivity index (χ0n) is 13.8. The number of likely N-dealkylation sites (N-methyl/N-ethyl adjacent to an activating group) is 1. The van der Waals surface area contributed by atoms with Gasteiger partial charge in [0.15, 0.2) is 0 Å². The van der Waals surface area contributed by atoms with Crippen LogP contribution in [0.5, 0.6) is 0 Å². The van der Waals surface area contributed by atoms with Gasteiger partial charge in [-0.05, 0) is 45.1 Å². The van der Waals surface area contributed by atoms with Crippen LogP contribution in [0.2, 0.25) is 0 Å². The number of aliphatic carboxylic acids is 1. The van der Waals surface area contributed by atoms with Crippen LogP contribution in [0.25, 0.3) is 0 Å². The van der Waals surface area contributed by atoms with Gasteiger partial charge in [-0.25, -0.2) is 0 Å². The van der Waals surface area contributed by atoms with E-state index in [1.807, 2.05) is 0 Å². The van der Waals surface area contributed by atoms with Crippen LogP contribution >= 0.6 is 0 Å². The molecule has 0 spiro atoms. The van der Waals surface area contributed by atoms with Crippen LogP contribution in [0.4, 0.5) is 0 Å². The molecule has 0 aliphatic heterocycles. The molecular weight excluding hydrogens is 252 g/mol. The fraction of sp³-hybridized carbons (Fsp3) is 0.938. The molecule has 4 heteroatoms. The van der Waals surface area contributed by atoms with Gasteiger partial charge in [0.05, 0.1) is 0 Å². The van der Waals surface area contributed by atoms with Gasteiger partial charge in [-0.3, -0.25) is 9.69 Å². The van der Waals surface area contributed by atoms with Gasteiger partial charge in [-0.2, -0.15) is 0 Å². The summed E-state index contributed by atoms with van der Waals surface area (Å²) in [6, 6.07) is 0.967. The number of hydrogen-bond donors (Lipinski definition) is 2. The SMILES string of the molecule is CCC(CC)N(CC(C)C)C1CCC(NC)(C(=O)O)C1. The van der Waals surface area contributed by atoms with Crippen molar-refractivity contribution in [3.8, 4) is 0 Å². The van der Waals surface area contributed by atoms with E-state index in [1.54, 1.807) is 7.05 Å². The van der Waals surface area contributed by atoms with E-state index in [4.69, 9.17) is 0 Å². The topological polar surface area (TPSA) is 52.6 Å². The van der Waals surface area contributed by atoms with Crippen molar-refractivity contribution in [3.63, 3.8) is 0 Å². The average Bonchev–Trinajstić information content (AvgIpc) is 2.84. The van der Waals surface area contributed by atoms with Crippen LogP contribution in [-0.2, 0) is 4.79 Å².